The van der Waals surface area contributed by atoms with Gasteiger partial charge in [-0.1, -0.05) is 6.92 Å². The number of hydrogen-bond acceptors (Lipinski definition) is 3. The molecule has 1 rings (SSSR count). The van der Waals surface area contributed by atoms with E-state index >= 15 is 0 Å². The molecule has 1 aliphatic rings. The summed E-state index contributed by atoms with van der Waals surface area (Å²) in [6.07, 6.45) is 0.472. The summed E-state index contributed by atoms with van der Waals surface area (Å²) >= 11 is 0. The molecular weight excluding hydrogens is 221 g/mol. The highest BCUT2D eigenvalue weighted by molar-refractivity contribution is 7.87. The minimum Gasteiger partial charge on any atom is -0.336 e. The van der Waals surface area contributed by atoms with E-state index in [0.29, 0.717) is 6.42 Å². The Kier molecular flexibility index (Phi) is 3.09. The summed E-state index contributed by atoms with van der Waals surface area (Å²) < 4.78 is 34.1. The monoisotopic (exact) mass is 237 g/mol. The van der Waals surface area contributed by atoms with E-state index in [4.69, 9.17) is 0 Å². The third-order valence-electron chi connectivity index (χ3n) is 3.08. The van der Waals surface area contributed by atoms with Gasteiger partial charge >= 0.3 is 10.2 Å². The first-order valence-electron chi connectivity index (χ1n) is 4.92. The van der Waals surface area contributed by atoms with Crippen LogP contribution in [0.15, 0.2) is 0 Å². The van der Waals surface area contributed by atoms with E-state index in [1.54, 1.807) is 0 Å². The van der Waals surface area contributed by atoms with E-state index in [1.165, 1.54) is 4.90 Å². The number of halogens is 1. The zero-order chi connectivity index (χ0) is 11.9. The van der Waals surface area contributed by atoms with Gasteiger partial charge in [-0.25, -0.2) is 0 Å². The Hall–Kier alpha value is -0.650. The van der Waals surface area contributed by atoms with Crippen molar-refractivity contribution in [2.45, 2.75) is 44.4 Å². The van der Waals surface area contributed by atoms with Crippen molar-refractivity contribution in [2.24, 2.45) is 0 Å². The molecule has 1 unspecified atom stereocenters. The van der Waals surface area contributed by atoms with Gasteiger partial charge in [-0.2, -0.15) is 8.42 Å². The molecule has 1 saturated heterocycles. The zero-order valence-corrected chi connectivity index (χ0v) is 9.97. The van der Waals surface area contributed by atoms with Crippen LogP contribution < -0.4 is 0 Å². The molecule has 0 radical (unpaired) electrons. The van der Waals surface area contributed by atoms with Gasteiger partial charge < -0.3 is 4.90 Å². The van der Waals surface area contributed by atoms with Crippen molar-refractivity contribution >= 4 is 16.1 Å². The molecule has 15 heavy (non-hydrogen) atoms. The van der Waals surface area contributed by atoms with Crippen molar-refractivity contribution in [2.75, 3.05) is 6.54 Å². The van der Waals surface area contributed by atoms with Crippen LogP contribution in [0.25, 0.3) is 0 Å². The predicted molar refractivity (Wildman–Crippen MR) is 54.5 cm³/mol. The third-order valence-corrected chi connectivity index (χ3v) is 4.20. The molecule has 0 bridgehead atoms. The number of rotatable bonds is 3. The lowest BCUT2D eigenvalue weighted by atomic mass is 10.00. The van der Waals surface area contributed by atoms with Gasteiger partial charge in [0.25, 0.3) is 0 Å². The molecule has 0 N–H and O–H groups in total. The van der Waals surface area contributed by atoms with Gasteiger partial charge in [0.15, 0.2) is 0 Å². The molecule has 0 saturated carbocycles. The number of carbonyl (C=O) groups excluding carboxylic acids is 1. The highest BCUT2D eigenvalue weighted by Gasteiger charge is 2.43. The van der Waals surface area contributed by atoms with Gasteiger partial charge in [-0.15, -0.1) is 3.89 Å². The lowest BCUT2D eigenvalue weighted by molar-refractivity contribution is -0.132. The smallest absolute Gasteiger partial charge is 0.307 e. The second-order valence-corrected chi connectivity index (χ2v) is 6.09. The Balaban J connectivity index is 2.87. The van der Waals surface area contributed by atoms with Crippen LogP contribution in [-0.2, 0) is 15.0 Å². The molecule has 88 valence electrons. The summed E-state index contributed by atoms with van der Waals surface area (Å²) in [6, 6.07) is 0. The van der Waals surface area contributed by atoms with Crippen molar-refractivity contribution in [1.82, 2.24) is 4.90 Å². The first-order valence-corrected chi connectivity index (χ1v) is 6.37. The van der Waals surface area contributed by atoms with Crippen LogP contribution in [-0.4, -0.2) is 36.6 Å². The van der Waals surface area contributed by atoms with Crippen molar-refractivity contribution in [3.05, 3.63) is 0 Å². The van der Waals surface area contributed by atoms with Crippen LogP contribution in [0.2, 0.25) is 0 Å². The fourth-order valence-electron chi connectivity index (χ4n) is 1.64. The van der Waals surface area contributed by atoms with E-state index in [0.717, 1.165) is 0 Å². The van der Waals surface area contributed by atoms with Crippen molar-refractivity contribution in [3.8, 4) is 0 Å². The number of carbonyl (C=O) groups is 1. The average molecular weight is 237 g/mol. The number of nitrogens with zero attached hydrogens (tertiary/aromatic N) is 1. The Morgan fingerprint density at radius 2 is 2.07 bits per heavy atom. The largest absolute Gasteiger partial charge is 0.336 e. The maximum Gasteiger partial charge on any atom is 0.307 e. The molecule has 0 aromatic rings. The molecule has 0 spiro atoms. The Bertz CT molecular complexity index is 364. The summed E-state index contributed by atoms with van der Waals surface area (Å²) in [7, 11) is -4.60. The summed E-state index contributed by atoms with van der Waals surface area (Å²) in [5.41, 5.74) is -0.406. The van der Waals surface area contributed by atoms with Gasteiger partial charge in [-0.05, 0) is 20.3 Å². The first kappa shape index (κ1) is 12.4. The van der Waals surface area contributed by atoms with Crippen molar-refractivity contribution in [3.63, 3.8) is 0 Å². The Morgan fingerprint density at radius 1 is 1.53 bits per heavy atom. The predicted octanol–water partition coefficient (Wildman–Crippen LogP) is 1.08. The molecule has 1 aliphatic heterocycles. The quantitative estimate of drug-likeness (QED) is 0.690. The lowest BCUT2D eigenvalue weighted by Crippen LogP contribution is -2.44. The number of hydrogen-bond donors (Lipinski definition) is 0. The number of amides is 1. The molecule has 0 aliphatic carbocycles. The second-order valence-electron chi connectivity index (χ2n) is 4.47. The molecule has 1 fully saturated rings. The molecule has 1 amide bonds. The summed E-state index contributed by atoms with van der Waals surface area (Å²) in [6.45, 7) is 5.57. The van der Waals surface area contributed by atoms with Crippen molar-refractivity contribution in [1.29, 1.82) is 0 Å². The molecule has 4 nitrogen and oxygen atoms in total. The van der Waals surface area contributed by atoms with Crippen LogP contribution in [0.4, 0.5) is 3.89 Å². The minimum atomic E-state index is -4.60. The fourth-order valence-corrected chi connectivity index (χ4v) is 2.31. The molecule has 0 aromatic carbocycles. The molecule has 1 atom stereocenters. The van der Waals surface area contributed by atoms with Crippen molar-refractivity contribution < 1.29 is 17.1 Å². The maximum absolute atomic E-state index is 12.7. The zero-order valence-electron chi connectivity index (χ0n) is 9.16. The fraction of sp³-hybridized carbons (Fsp3) is 0.889. The van der Waals surface area contributed by atoms with E-state index in [2.05, 4.69) is 0 Å². The van der Waals surface area contributed by atoms with Crippen LogP contribution in [0, 0.1) is 0 Å². The molecule has 6 heteroatoms. The summed E-state index contributed by atoms with van der Waals surface area (Å²) in [5.74, 6) is -0.284. The van der Waals surface area contributed by atoms with Crippen LogP contribution in [0.1, 0.15) is 33.6 Å². The van der Waals surface area contributed by atoms with Crippen LogP contribution in [0.3, 0.4) is 0 Å². The SMILES string of the molecule is CCC(C)(C)N1CC(S(=O)(=O)F)CC1=O. The van der Waals surface area contributed by atoms with Gasteiger partial charge in [0, 0.05) is 18.5 Å². The van der Waals surface area contributed by atoms with Gasteiger partial charge in [0.05, 0.1) is 0 Å². The first-order chi connectivity index (χ1) is 6.68. The van der Waals surface area contributed by atoms with Crippen LogP contribution in [0.5, 0.6) is 0 Å². The van der Waals surface area contributed by atoms with Gasteiger partial charge in [0.2, 0.25) is 5.91 Å². The molecular formula is C9H16FNO3S. The van der Waals surface area contributed by atoms with Gasteiger partial charge in [0.1, 0.15) is 5.25 Å². The minimum absolute atomic E-state index is 0.0293. The van der Waals surface area contributed by atoms with E-state index in [1.807, 2.05) is 20.8 Å². The third kappa shape index (κ3) is 2.48. The average Bonchev–Trinajstić information content (AvgIpc) is 2.47. The van der Waals surface area contributed by atoms with E-state index in [9.17, 15) is 17.1 Å². The van der Waals surface area contributed by atoms with Gasteiger partial charge in [-0.3, -0.25) is 4.79 Å². The summed E-state index contributed by atoms with van der Waals surface area (Å²) in [5, 5.41) is -1.18. The normalized spacial score (nSPS) is 23.6. The highest BCUT2D eigenvalue weighted by atomic mass is 32.3. The van der Waals surface area contributed by atoms with E-state index in [-0.39, 0.29) is 18.9 Å². The standard InChI is InChI=1S/C9H16FNO3S/c1-4-9(2,3)11-6-7(5-8(11)12)15(10,13)14/h7H,4-6H2,1-3H3. The Morgan fingerprint density at radius 3 is 2.40 bits per heavy atom. The van der Waals surface area contributed by atoms with Crippen LogP contribution >= 0.6 is 0 Å². The second kappa shape index (κ2) is 3.73. The topological polar surface area (TPSA) is 54.5 Å². The molecule has 0 aromatic heterocycles. The van der Waals surface area contributed by atoms with E-state index < -0.39 is 21.0 Å². The Labute approximate surface area is 89.7 Å². The lowest BCUT2D eigenvalue weighted by Gasteiger charge is -2.34. The summed E-state index contributed by atoms with van der Waals surface area (Å²) in [4.78, 5) is 13.0. The molecule has 1 heterocycles. The number of likely N-dealkylation sites (tertiary alicyclic amines) is 1. The highest BCUT2D eigenvalue weighted by Crippen LogP contribution is 2.28. The maximum atomic E-state index is 12.7.